The van der Waals surface area contributed by atoms with Crippen molar-refractivity contribution in [3.05, 3.63) is 89.9 Å². The summed E-state index contributed by atoms with van der Waals surface area (Å²) in [6.07, 6.45) is 1.57. The smallest absolute Gasteiger partial charge is 0.215 e. The lowest BCUT2D eigenvalue weighted by atomic mass is 10.1. The van der Waals surface area contributed by atoms with Crippen LogP contribution >= 0.6 is 0 Å². The Morgan fingerprint density at radius 2 is 1.69 bits per heavy atom. The minimum atomic E-state index is -3.66. The Labute approximate surface area is 186 Å². The number of sulfonamides is 1. The maximum atomic E-state index is 13.4. The molecule has 0 spiro atoms. The number of hydrogen-bond donors (Lipinski definition) is 1. The van der Waals surface area contributed by atoms with Gasteiger partial charge in [0.25, 0.3) is 0 Å². The van der Waals surface area contributed by atoms with Crippen molar-refractivity contribution >= 4 is 15.7 Å². The van der Waals surface area contributed by atoms with E-state index in [9.17, 15) is 17.2 Å². The molecule has 9 heteroatoms. The third kappa shape index (κ3) is 5.73. The molecule has 0 radical (unpaired) electrons. The highest BCUT2D eigenvalue weighted by atomic mass is 32.2. The number of furan rings is 1. The van der Waals surface area contributed by atoms with Gasteiger partial charge in [0.2, 0.25) is 10.0 Å². The standard InChI is InChI=1S/C23H25F2N3O3S/c24-19-6-8-21(9-7-19)27-10-12-28(13-11-27)22(23-5-2-14-31-23)16-26-32(29,30)17-18-3-1-4-20(25)15-18/h1-9,14-15,22,26H,10-13,16-17H2. The summed E-state index contributed by atoms with van der Waals surface area (Å²) in [7, 11) is -3.66. The van der Waals surface area contributed by atoms with Gasteiger partial charge in [0.1, 0.15) is 17.4 Å². The van der Waals surface area contributed by atoms with E-state index in [1.807, 2.05) is 6.07 Å². The third-order valence-electron chi connectivity index (χ3n) is 5.56. The van der Waals surface area contributed by atoms with E-state index in [4.69, 9.17) is 4.42 Å². The first kappa shape index (κ1) is 22.4. The molecule has 170 valence electrons. The summed E-state index contributed by atoms with van der Waals surface area (Å²) >= 11 is 0. The Bertz CT molecular complexity index is 1110. The first-order valence-electron chi connectivity index (χ1n) is 10.4. The summed E-state index contributed by atoms with van der Waals surface area (Å²) < 4.78 is 60.1. The molecule has 1 aliphatic heterocycles. The van der Waals surface area contributed by atoms with Gasteiger partial charge >= 0.3 is 0 Å². The summed E-state index contributed by atoms with van der Waals surface area (Å²) in [6, 6.07) is 15.3. The molecule has 0 amide bonds. The number of piperazine rings is 1. The van der Waals surface area contributed by atoms with Gasteiger partial charge < -0.3 is 9.32 Å². The molecule has 1 aromatic heterocycles. The van der Waals surface area contributed by atoms with Crippen LogP contribution in [-0.2, 0) is 15.8 Å². The van der Waals surface area contributed by atoms with Crippen molar-refractivity contribution in [2.75, 3.05) is 37.6 Å². The summed E-state index contributed by atoms with van der Waals surface area (Å²) in [5.41, 5.74) is 1.34. The summed E-state index contributed by atoms with van der Waals surface area (Å²) in [4.78, 5) is 4.34. The molecule has 1 fully saturated rings. The van der Waals surface area contributed by atoms with Gasteiger partial charge in [-0.1, -0.05) is 12.1 Å². The van der Waals surface area contributed by atoms with Crippen LogP contribution in [0.2, 0.25) is 0 Å². The molecule has 1 N–H and O–H groups in total. The Morgan fingerprint density at radius 1 is 0.938 bits per heavy atom. The van der Waals surface area contributed by atoms with Crippen LogP contribution in [0.1, 0.15) is 17.4 Å². The van der Waals surface area contributed by atoms with Gasteiger partial charge in [0.15, 0.2) is 0 Å². The molecule has 2 heterocycles. The van der Waals surface area contributed by atoms with Crippen LogP contribution in [0.3, 0.4) is 0 Å². The molecule has 0 saturated carbocycles. The molecular formula is C23H25F2N3O3S. The van der Waals surface area contributed by atoms with Crippen molar-refractivity contribution in [1.82, 2.24) is 9.62 Å². The molecule has 1 aliphatic rings. The zero-order valence-corrected chi connectivity index (χ0v) is 18.3. The molecular weight excluding hydrogens is 436 g/mol. The zero-order chi connectivity index (χ0) is 22.6. The van der Waals surface area contributed by atoms with Gasteiger partial charge in [-0.15, -0.1) is 0 Å². The second kappa shape index (κ2) is 9.81. The second-order valence-electron chi connectivity index (χ2n) is 7.77. The molecule has 0 bridgehead atoms. The van der Waals surface area contributed by atoms with Crippen molar-refractivity contribution in [3.63, 3.8) is 0 Å². The van der Waals surface area contributed by atoms with Crippen LogP contribution in [0.4, 0.5) is 14.5 Å². The summed E-state index contributed by atoms with van der Waals surface area (Å²) in [5.74, 6) is -0.358. The van der Waals surface area contributed by atoms with E-state index in [-0.39, 0.29) is 24.2 Å². The monoisotopic (exact) mass is 461 g/mol. The van der Waals surface area contributed by atoms with Gasteiger partial charge in [-0.2, -0.15) is 0 Å². The van der Waals surface area contributed by atoms with E-state index in [1.165, 1.54) is 30.3 Å². The topological polar surface area (TPSA) is 65.8 Å². The number of nitrogens with zero attached hydrogens (tertiary/aromatic N) is 2. The van der Waals surface area contributed by atoms with Crippen LogP contribution < -0.4 is 9.62 Å². The van der Waals surface area contributed by atoms with Crippen molar-refractivity contribution in [3.8, 4) is 0 Å². The molecule has 0 aliphatic carbocycles. The molecule has 6 nitrogen and oxygen atoms in total. The van der Waals surface area contributed by atoms with Crippen molar-refractivity contribution in [2.24, 2.45) is 0 Å². The minimum absolute atomic E-state index is 0.141. The first-order chi connectivity index (χ1) is 15.4. The first-order valence-corrected chi connectivity index (χ1v) is 12.0. The molecule has 2 aromatic carbocycles. The Kier molecular flexibility index (Phi) is 6.88. The maximum absolute atomic E-state index is 13.4. The highest BCUT2D eigenvalue weighted by molar-refractivity contribution is 7.88. The Balaban J connectivity index is 1.40. The lowest BCUT2D eigenvalue weighted by Crippen LogP contribution is -2.49. The number of hydrogen-bond acceptors (Lipinski definition) is 5. The SMILES string of the molecule is O=S(=O)(Cc1cccc(F)c1)NCC(c1ccco1)N1CCN(c2ccc(F)cc2)CC1. The van der Waals surface area contributed by atoms with Crippen LogP contribution in [0, 0.1) is 11.6 Å². The maximum Gasteiger partial charge on any atom is 0.215 e. The average molecular weight is 462 g/mol. The molecule has 1 unspecified atom stereocenters. The average Bonchev–Trinajstić information content (AvgIpc) is 3.29. The fraction of sp³-hybridized carbons (Fsp3) is 0.304. The van der Waals surface area contributed by atoms with Crippen LogP contribution in [0.25, 0.3) is 0 Å². The summed E-state index contributed by atoms with van der Waals surface area (Å²) in [6.45, 7) is 2.96. The normalized spacial score (nSPS) is 16.2. The van der Waals surface area contributed by atoms with Crippen molar-refractivity contribution in [2.45, 2.75) is 11.8 Å². The van der Waals surface area contributed by atoms with E-state index in [2.05, 4.69) is 14.5 Å². The van der Waals surface area contributed by atoms with Crippen molar-refractivity contribution < 1.29 is 21.6 Å². The van der Waals surface area contributed by atoms with Gasteiger partial charge in [0, 0.05) is 38.4 Å². The van der Waals surface area contributed by atoms with E-state index in [0.717, 1.165) is 18.8 Å². The van der Waals surface area contributed by atoms with Gasteiger partial charge in [-0.05, 0) is 54.1 Å². The fourth-order valence-corrected chi connectivity index (χ4v) is 5.07. The largest absolute Gasteiger partial charge is 0.468 e. The van der Waals surface area contributed by atoms with E-state index in [0.29, 0.717) is 24.4 Å². The number of anilines is 1. The summed E-state index contributed by atoms with van der Waals surface area (Å²) in [5, 5.41) is 0. The van der Waals surface area contributed by atoms with Crippen LogP contribution in [-0.4, -0.2) is 46.0 Å². The minimum Gasteiger partial charge on any atom is -0.468 e. The lowest BCUT2D eigenvalue weighted by molar-refractivity contribution is 0.166. The second-order valence-corrected chi connectivity index (χ2v) is 9.57. The highest BCUT2D eigenvalue weighted by Gasteiger charge is 2.28. The Hall–Kier alpha value is -2.75. The Morgan fingerprint density at radius 3 is 2.34 bits per heavy atom. The number of rotatable bonds is 8. The van der Waals surface area contributed by atoms with E-state index < -0.39 is 15.8 Å². The van der Waals surface area contributed by atoms with Crippen LogP contribution in [0.5, 0.6) is 0 Å². The van der Waals surface area contributed by atoms with Gasteiger partial charge in [0.05, 0.1) is 18.1 Å². The molecule has 32 heavy (non-hydrogen) atoms. The predicted molar refractivity (Wildman–Crippen MR) is 119 cm³/mol. The van der Waals surface area contributed by atoms with Crippen LogP contribution in [0.15, 0.2) is 71.3 Å². The molecule has 1 saturated heterocycles. The fourth-order valence-electron chi connectivity index (χ4n) is 3.94. The highest BCUT2D eigenvalue weighted by Crippen LogP contribution is 2.25. The van der Waals surface area contributed by atoms with Gasteiger partial charge in [-0.25, -0.2) is 21.9 Å². The van der Waals surface area contributed by atoms with Crippen molar-refractivity contribution in [1.29, 1.82) is 0 Å². The molecule has 3 aromatic rings. The zero-order valence-electron chi connectivity index (χ0n) is 17.5. The van der Waals surface area contributed by atoms with Gasteiger partial charge in [-0.3, -0.25) is 4.90 Å². The quantitative estimate of drug-likeness (QED) is 0.556. The van der Waals surface area contributed by atoms with E-state index in [1.54, 1.807) is 30.5 Å². The molecule has 1 atom stereocenters. The lowest BCUT2D eigenvalue weighted by Gasteiger charge is -2.39. The predicted octanol–water partition coefficient (Wildman–Crippen LogP) is 3.54. The third-order valence-corrected chi connectivity index (χ3v) is 6.88. The molecule has 4 rings (SSSR count). The van der Waals surface area contributed by atoms with E-state index >= 15 is 0 Å². The number of halogens is 2. The number of nitrogens with one attached hydrogen (secondary N) is 1. The number of benzene rings is 2.